The van der Waals surface area contributed by atoms with Crippen molar-refractivity contribution in [1.29, 1.82) is 5.41 Å². The molecule has 0 spiro atoms. The Hall–Kier alpha value is -4.14. The molecule has 0 unspecified atom stereocenters. The van der Waals surface area contributed by atoms with Gasteiger partial charge in [0, 0.05) is 25.9 Å². The second-order valence-corrected chi connectivity index (χ2v) is 6.30. The van der Waals surface area contributed by atoms with Crippen LogP contribution in [-0.2, 0) is 14.3 Å². The predicted octanol–water partition coefficient (Wildman–Crippen LogP) is 1.86. The van der Waals surface area contributed by atoms with Crippen molar-refractivity contribution in [2.75, 3.05) is 26.0 Å². The molecule has 4 N–H and O–H groups in total. The summed E-state index contributed by atoms with van der Waals surface area (Å²) in [4.78, 5) is 36.5. The molecule has 0 radical (unpaired) electrons. The van der Waals surface area contributed by atoms with Crippen LogP contribution in [0.3, 0.4) is 0 Å². The highest BCUT2D eigenvalue weighted by Crippen LogP contribution is 2.16. The van der Waals surface area contributed by atoms with Crippen LogP contribution in [0.2, 0.25) is 0 Å². The van der Waals surface area contributed by atoms with E-state index < -0.39 is 11.9 Å². The molecular weight excluding hydrogens is 388 g/mol. The van der Waals surface area contributed by atoms with Crippen molar-refractivity contribution in [1.82, 2.24) is 4.90 Å². The fourth-order valence-corrected chi connectivity index (χ4v) is 2.13. The van der Waals surface area contributed by atoms with E-state index in [0.29, 0.717) is 22.6 Å². The fourth-order valence-electron chi connectivity index (χ4n) is 2.13. The molecule has 0 aliphatic heterocycles. The Balaban J connectivity index is 1.89. The predicted molar refractivity (Wildman–Crippen MR) is 112 cm³/mol. The number of ether oxygens (including phenoxy) is 2. The molecule has 0 aliphatic rings. The molecule has 0 aromatic heterocycles. The van der Waals surface area contributed by atoms with Gasteiger partial charge in [-0.1, -0.05) is 12.1 Å². The summed E-state index contributed by atoms with van der Waals surface area (Å²) in [5.41, 5.74) is 6.85. The van der Waals surface area contributed by atoms with Crippen LogP contribution in [0.1, 0.15) is 15.9 Å². The Morgan fingerprint density at radius 2 is 1.70 bits per heavy atom. The number of nitrogens with one attached hydrogen (secondary N) is 2. The van der Waals surface area contributed by atoms with Crippen molar-refractivity contribution in [3.63, 3.8) is 0 Å². The number of hydrogen-bond acceptors (Lipinski definition) is 6. The van der Waals surface area contributed by atoms with Gasteiger partial charge in [-0.3, -0.25) is 10.2 Å². The van der Waals surface area contributed by atoms with Gasteiger partial charge < -0.3 is 25.4 Å². The lowest BCUT2D eigenvalue weighted by atomic mass is 10.2. The molecule has 1 amide bonds. The van der Waals surface area contributed by atoms with Crippen molar-refractivity contribution in [2.45, 2.75) is 0 Å². The third-order valence-corrected chi connectivity index (χ3v) is 3.74. The third-order valence-electron chi connectivity index (χ3n) is 3.74. The van der Waals surface area contributed by atoms with Gasteiger partial charge >= 0.3 is 11.9 Å². The van der Waals surface area contributed by atoms with Gasteiger partial charge in [-0.05, 0) is 48.0 Å². The smallest absolute Gasteiger partial charge is 0.343 e. The summed E-state index contributed by atoms with van der Waals surface area (Å²) in [6.07, 6.45) is 2.73. The molecule has 0 bridgehead atoms. The Morgan fingerprint density at radius 1 is 1.07 bits per heavy atom. The minimum Gasteiger partial charge on any atom is -0.452 e. The summed E-state index contributed by atoms with van der Waals surface area (Å²) in [6, 6.07) is 12.8. The maximum absolute atomic E-state index is 12.2. The molecule has 0 atom stereocenters. The van der Waals surface area contributed by atoms with E-state index in [4.69, 9.17) is 20.6 Å². The highest BCUT2D eigenvalue weighted by molar-refractivity contribution is 5.93. The second-order valence-electron chi connectivity index (χ2n) is 6.30. The summed E-state index contributed by atoms with van der Waals surface area (Å²) < 4.78 is 10.1. The number of benzene rings is 2. The number of nitrogens with zero attached hydrogens (tertiary/aromatic N) is 1. The molecule has 9 heteroatoms. The highest BCUT2D eigenvalue weighted by Gasteiger charge is 2.09. The monoisotopic (exact) mass is 410 g/mol. The number of guanidine groups is 1. The summed E-state index contributed by atoms with van der Waals surface area (Å²) in [5, 5.41) is 9.79. The van der Waals surface area contributed by atoms with Crippen LogP contribution >= 0.6 is 0 Å². The molecule has 9 nitrogen and oxygen atoms in total. The normalized spacial score (nSPS) is 10.3. The Labute approximate surface area is 173 Å². The van der Waals surface area contributed by atoms with E-state index in [1.54, 1.807) is 62.6 Å². The van der Waals surface area contributed by atoms with E-state index in [0.717, 1.165) is 0 Å². The van der Waals surface area contributed by atoms with Crippen LogP contribution in [0.25, 0.3) is 6.08 Å². The number of carbonyl (C=O) groups is 3. The van der Waals surface area contributed by atoms with E-state index in [-0.39, 0.29) is 18.5 Å². The lowest BCUT2D eigenvalue weighted by Crippen LogP contribution is -2.27. The van der Waals surface area contributed by atoms with Gasteiger partial charge in [0.2, 0.25) is 0 Å². The molecule has 30 heavy (non-hydrogen) atoms. The largest absolute Gasteiger partial charge is 0.452 e. The SMILES string of the molecule is CN(C)C(=O)COC(=O)C=Cc1ccc(OC(=O)c2ccc(NC(=N)N)cc2)cc1. The van der Waals surface area contributed by atoms with E-state index in [9.17, 15) is 14.4 Å². The molecule has 2 rings (SSSR count). The number of nitrogens with two attached hydrogens (primary N) is 1. The summed E-state index contributed by atoms with van der Waals surface area (Å²) in [7, 11) is 3.14. The minimum atomic E-state index is -0.636. The number of anilines is 1. The van der Waals surface area contributed by atoms with Gasteiger partial charge in [0.05, 0.1) is 5.56 Å². The van der Waals surface area contributed by atoms with Crippen LogP contribution in [0.5, 0.6) is 5.75 Å². The Morgan fingerprint density at radius 3 is 2.27 bits per heavy atom. The number of likely N-dealkylation sites (N-methyl/N-ethyl adjacent to an activating group) is 1. The average Bonchev–Trinajstić information content (AvgIpc) is 2.71. The van der Waals surface area contributed by atoms with E-state index in [2.05, 4.69) is 5.32 Å². The summed E-state index contributed by atoms with van der Waals surface area (Å²) >= 11 is 0. The van der Waals surface area contributed by atoms with Crippen LogP contribution in [0, 0.1) is 5.41 Å². The zero-order valence-corrected chi connectivity index (χ0v) is 16.5. The molecule has 0 fully saturated rings. The van der Waals surface area contributed by atoms with Gasteiger partial charge in [-0.2, -0.15) is 0 Å². The van der Waals surface area contributed by atoms with Crippen LogP contribution in [0.15, 0.2) is 54.6 Å². The van der Waals surface area contributed by atoms with Crippen LogP contribution in [-0.4, -0.2) is 49.4 Å². The first-order valence-corrected chi connectivity index (χ1v) is 8.83. The molecule has 2 aromatic carbocycles. The maximum Gasteiger partial charge on any atom is 0.343 e. The zero-order valence-electron chi connectivity index (χ0n) is 16.5. The number of amides is 1. The van der Waals surface area contributed by atoms with Gasteiger partial charge in [0.1, 0.15) is 5.75 Å². The Kier molecular flexibility index (Phi) is 7.69. The van der Waals surface area contributed by atoms with Gasteiger partial charge in [0.25, 0.3) is 5.91 Å². The first-order chi connectivity index (χ1) is 14.2. The van der Waals surface area contributed by atoms with Crippen molar-refractivity contribution < 1.29 is 23.9 Å². The topological polar surface area (TPSA) is 135 Å². The lowest BCUT2D eigenvalue weighted by molar-refractivity contribution is -0.146. The average molecular weight is 410 g/mol. The van der Waals surface area contributed by atoms with Gasteiger partial charge in [-0.15, -0.1) is 0 Å². The van der Waals surface area contributed by atoms with Gasteiger partial charge in [0.15, 0.2) is 12.6 Å². The molecule has 0 aliphatic carbocycles. The maximum atomic E-state index is 12.2. The van der Waals surface area contributed by atoms with E-state index >= 15 is 0 Å². The van der Waals surface area contributed by atoms with Gasteiger partial charge in [-0.25, -0.2) is 9.59 Å². The lowest BCUT2D eigenvalue weighted by Gasteiger charge is -2.09. The molecule has 0 saturated carbocycles. The number of rotatable bonds is 7. The Bertz CT molecular complexity index is 950. The number of carbonyl (C=O) groups excluding carboxylic acids is 3. The standard InChI is InChI=1S/C21H22N4O5/c1-25(2)18(26)13-29-19(27)12-5-14-3-10-17(11-4-14)30-20(28)15-6-8-16(9-7-15)24-21(22)23/h3-12H,13H2,1-2H3,(H4,22,23,24). The number of hydrogen-bond donors (Lipinski definition) is 3. The van der Waals surface area contributed by atoms with Crippen molar-refractivity contribution in [3.05, 3.63) is 65.7 Å². The van der Waals surface area contributed by atoms with E-state index in [1.807, 2.05) is 0 Å². The molecule has 0 heterocycles. The first kappa shape index (κ1) is 22.2. The highest BCUT2D eigenvalue weighted by atomic mass is 16.5. The second kappa shape index (κ2) is 10.4. The molecule has 2 aromatic rings. The quantitative estimate of drug-likeness (QED) is 0.208. The molecular formula is C21H22N4O5. The van der Waals surface area contributed by atoms with Crippen LogP contribution < -0.4 is 15.8 Å². The summed E-state index contributed by atoms with van der Waals surface area (Å²) in [5.74, 6) is -1.35. The minimum absolute atomic E-state index is 0.199. The van der Waals surface area contributed by atoms with Crippen molar-refractivity contribution in [3.8, 4) is 5.75 Å². The summed E-state index contributed by atoms with van der Waals surface area (Å²) in [6.45, 7) is -0.323. The zero-order chi connectivity index (χ0) is 22.1. The van der Waals surface area contributed by atoms with Crippen molar-refractivity contribution in [2.24, 2.45) is 5.73 Å². The molecule has 0 saturated heterocycles. The third kappa shape index (κ3) is 7.12. The number of esters is 2. The molecule has 156 valence electrons. The van der Waals surface area contributed by atoms with Crippen molar-refractivity contribution >= 4 is 35.6 Å². The fraction of sp³-hybridized carbons (Fsp3) is 0.143. The van der Waals surface area contributed by atoms with E-state index in [1.165, 1.54) is 17.1 Å². The van der Waals surface area contributed by atoms with Crippen LogP contribution in [0.4, 0.5) is 5.69 Å². The first-order valence-electron chi connectivity index (χ1n) is 8.83.